The van der Waals surface area contributed by atoms with E-state index in [4.69, 9.17) is 4.74 Å². The normalized spacial score (nSPS) is 14.9. The Labute approximate surface area is 101 Å². The van der Waals surface area contributed by atoms with E-state index in [9.17, 15) is 4.79 Å². The molecule has 0 aromatic heterocycles. The van der Waals surface area contributed by atoms with Crippen LogP contribution in [-0.2, 0) is 0 Å². The molecule has 4 heteroatoms. The molecular formula is C13H18N2O2. The van der Waals surface area contributed by atoms with Gasteiger partial charge in [-0.3, -0.25) is 0 Å². The summed E-state index contributed by atoms with van der Waals surface area (Å²) in [5, 5.41) is 5.79. The maximum Gasteiger partial charge on any atom is 0.319 e. The Morgan fingerprint density at radius 2 is 2.18 bits per heavy atom. The van der Waals surface area contributed by atoms with Gasteiger partial charge in [0.15, 0.2) is 0 Å². The lowest BCUT2D eigenvalue weighted by molar-refractivity contribution is 0.240. The lowest BCUT2D eigenvalue weighted by Gasteiger charge is -2.26. The fourth-order valence-corrected chi connectivity index (χ4v) is 1.76. The van der Waals surface area contributed by atoms with Crippen LogP contribution in [0.4, 0.5) is 10.5 Å². The van der Waals surface area contributed by atoms with Crippen LogP contribution in [-0.4, -0.2) is 19.2 Å². The lowest BCUT2D eigenvalue weighted by atomic mass is 9.93. The van der Waals surface area contributed by atoms with Gasteiger partial charge in [-0.25, -0.2) is 4.79 Å². The molecule has 2 N–H and O–H groups in total. The van der Waals surface area contributed by atoms with Gasteiger partial charge in [0.25, 0.3) is 0 Å². The zero-order valence-electron chi connectivity index (χ0n) is 10.2. The summed E-state index contributed by atoms with van der Waals surface area (Å²) in [6, 6.07) is 5.85. The number of benzene rings is 1. The van der Waals surface area contributed by atoms with Gasteiger partial charge in [0.2, 0.25) is 0 Å². The average molecular weight is 234 g/mol. The van der Waals surface area contributed by atoms with E-state index in [1.165, 1.54) is 6.42 Å². The van der Waals surface area contributed by atoms with E-state index < -0.39 is 0 Å². The molecule has 4 nitrogen and oxygen atoms in total. The first-order valence-corrected chi connectivity index (χ1v) is 5.91. The molecule has 1 aliphatic rings. The van der Waals surface area contributed by atoms with E-state index in [1.54, 1.807) is 7.11 Å². The van der Waals surface area contributed by atoms with Crippen molar-refractivity contribution >= 4 is 11.7 Å². The summed E-state index contributed by atoms with van der Waals surface area (Å²) in [7, 11) is 1.61. The summed E-state index contributed by atoms with van der Waals surface area (Å²) < 4.78 is 5.13. The van der Waals surface area contributed by atoms with Crippen LogP contribution in [0.3, 0.4) is 0 Å². The van der Waals surface area contributed by atoms with Crippen molar-refractivity contribution in [2.24, 2.45) is 0 Å². The molecule has 0 saturated heterocycles. The molecule has 1 fully saturated rings. The van der Waals surface area contributed by atoms with E-state index in [2.05, 4.69) is 10.6 Å². The first-order valence-electron chi connectivity index (χ1n) is 5.91. The summed E-state index contributed by atoms with van der Waals surface area (Å²) >= 11 is 0. The van der Waals surface area contributed by atoms with E-state index in [-0.39, 0.29) is 6.03 Å². The highest BCUT2D eigenvalue weighted by Crippen LogP contribution is 2.22. The number of anilines is 1. The quantitative estimate of drug-likeness (QED) is 0.844. The Morgan fingerprint density at radius 3 is 2.76 bits per heavy atom. The minimum atomic E-state index is -0.133. The number of carbonyl (C=O) groups is 1. The third-order valence-corrected chi connectivity index (χ3v) is 3.13. The molecule has 0 bridgehead atoms. The van der Waals surface area contributed by atoms with E-state index in [0.717, 1.165) is 29.8 Å². The monoisotopic (exact) mass is 234 g/mol. The maximum atomic E-state index is 11.7. The van der Waals surface area contributed by atoms with Crippen molar-refractivity contribution in [1.82, 2.24) is 5.32 Å². The predicted molar refractivity (Wildman–Crippen MR) is 67.5 cm³/mol. The van der Waals surface area contributed by atoms with Gasteiger partial charge in [-0.15, -0.1) is 0 Å². The highest BCUT2D eigenvalue weighted by molar-refractivity contribution is 5.90. The highest BCUT2D eigenvalue weighted by atomic mass is 16.5. The molecular weight excluding hydrogens is 216 g/mol. The number of carbonyl (C=O) groups excluding carboxylic acids is 1. The van der Waals surface area contributed by atoms with Crippen LogP contribution in [0.15, 0.2) is 18.2 Å². The third kappa shape index (κ3) is 2.90. The molecule has 1 aromatic rings. The smallest absolute Gasteiger partial charge is 0.319 e. The summed E-state index contributed by atoms with van der Waals surface area (Å²) in [4.78, 5) is 11.7. The van der Waals surface area contributed by atoms with Crippen molar-refractivity contribution in [3.05, 3.63) is 23.8 Å². The van der Waals surface area contributed by atoms with Crippen LogP contribution in [0.2, 0.25) is 0 Å². The second kappa shape index (κ2) is 5.08. The topological polar surface area (TPSA) is 50.4 Å². The summed E-state index contributed by atoms with van der Waals surface area (Å²) in [6.07, 6.45) is 3.39. The Kier molecular flexibility index (Phi) is 3.52. The lowest BCUT2D eigenvalue weighted by Crippen LogP contribution is -2.41. The fraction of sp³-hybridized carbons (Fsp3) is 0.462. The van der Waals surface area contributed by atoms with Crippen LogP contribution in [0.1, 0.15) is 24.8 Å². The van der Waals surface area contributed by atoms with Crippen LogP contribution in [0, 0.1) is 6.92 Å². The highest BCUT2D eigenvalue weighted by Gasteiger charge is 2.19. The minimum Gasteiger partial charge on any atom is -0.497 e. The molecule has 2 amide bonds. The van der Waals surface area contributed by atoms with Crippen molar-refractivity contribution in [2.75, 3.05) is 12.4 Å². The number of amides is 2. The number of urea groups is 1. The van der Waals surface area contributed by atoms with Crippen molar-refractivity contribution < 1.29 is 9.53 Å². The second-order valence-corrected chi connectivity index (χ2v) is 4.41. The Morgan fingerprint density at radius 1 is 1.41 bits per heavy atom. The Balaban J connectivity index is 1.98. The largest absolute Gasteiger partial charge is 0.497 e. The Hall–Kier alpha value is -1.71. The molecule has 1 aromatic carbocycles. The molecule has 0 atom stereocenters. The molecule has 0 heterocycles. The number of rotatable bonds is 3. The van der Waals surface area contributed by atoms with Gasteiger partial charge in [-0.2, -0.15) is 0 Å². The fourth-order valence-electron chi connectivity index (χ4n) is 1.76. The minimum absolute atomic E-state index is 0.133. The summed E-state index contributed by atoms with van der Waals surface area (Å²) in [5.41, 5.74) is 1.82. The zero-order chi connectivity index (χ0) is 12.3. The van der Waals surface area contributed by atoms with Crippen molar-refractivity contribution in [3.8, 4) is 5.75 Å². The van der Waals surface area contributed by atoms with Gasteiger partial charge in [0.1, 0.15) is 5.75 Å². The molecule has 0 spiro atoms. The Bertz CT molecular complexity index is 414. The van der Waals surface area contributed by atoms with E-state index in [0.29, 0.717) is 6.04 Å². The number of aryl methyl sites for hydroxylation is 1. The maximum absolute atomic E-state index is 11.7. The first kappa shape index (κ1) is 11.8. The molecule has 2 rings (SSSR count). The second-order valence-electron chi connectivity index (χ2n) is 4.41. The van der Waals surface area contributed by atoms with Crippen molar-refractivity contribution in [1.29, 1.82) is 0 Å². The van der Waals surface area contributed by atoms with Crippen LogP contribution in [0.25, 0.3) is 0 Å². The molecule has 17 heavy (non-hydrogen) atoms. The van der Waals surface area contributed by atoms with Gasteiger partial charge in [0.05, 0.1) is 7.11 Å². The van der Waals surface area contributed by atoms with Crippen LogP contribution < -0.4 is 15.4 Å². The molecule has 92 valence electrons. The van der Waals surface area contributed by atoms with Gasteiger partial charge in [-0.05, 0) is 37.8 Å². The summed E-state index contributed by atoms with van der Waals surface area (Å²) in [5.74, 6) is 0.745. The van der Waals surface area contributed by atoms with Gasteiger partial charge < -0.3 is 15.4 Å². The molecule has 0 aliphatic heterocycles. The number of nitrogens with one attached hydrogen (secondary N) is 2. The number of hydrogen-bond donors (Lipinski definition) is 2. The van der Waals surface area contributed by atoms with Gasteiger partial charge >= 0.3 is 6.03 Å². The zero-order valence-corrected chi connectivity index (χ0v) is 10.2. The standard InChI is InChI=1S/C13H18N2O2/c1-9-6-7-11(17-2)8-12(9)15-13(16)14-10-4-3-5-10/h6-8,10H,3-5H2,1-2H3,(H2,14,15,16). The molecule has 0 radical (unpaired) electrons. The number of ether oxygens (including phenoxy) is 1. The van der Waals surface area contributed by atoms with Crippen LogP contribution >= 0.6 is 0 Å². The number of hydrogen-bond acceptors (Lipinski definition) is 2. The third-order valence-electron chi connectivity index (χ3n) is 3.13. The van der Waals surface area contributed by atoms with Crippen molar-refractivity contribution in [3.63, 3.8) is 0 Å². The van der Waals surface area contributed by atoms with E-state index in [1.807, 2.05) is 25.1 Å². The number of methoxy groups -OCH3 is 1. The predicted octanol–water partition coefficient (Wildman–Crippen LogP) is 2.68. The van der Waals surface area contributed by atoms with Crippen molar-refractivity contribution in [2.45, 2.75) is 32.2 Å². The SMILES string of the molecule is COc1ccc(C)c(NC(=O)NC2CCC2)c1. The molecule has 1 aliphatic carbocycles. The molecule has 0 unspecified atom stereocenters. The van der Waals surface area contributed by atoms with Gasteiger partial charge in [-0.1, -0.05) is 6.07 Å². The molecule has 1 saturated carbocycles. The van der Waals surface area contributed by atoms with Gasteiger partial charge in [0, 0.05) is 17.8 Å². The van der Waals surface area contributed by atoms with Crippen LogP contribution in [0.5, 0.6) is 5.75 Å². The average Bonchev–Trinajstić information content (AvgIpc) is 2.27. The van der Waals surface area contributed by atoms with E-state index >= 15 is 0 Å². The summed E-state index contributed by atoms with van der Waals surface area (Å²) in [6.45, 7) is 1.96. The first-order chi connectivity index (χ1) is 8.19.